The van der Waals surface area contributed by atoms with Gasteiger partial charge >= 0.3 is 0 Å². The molecule has 0 saturated carbocycles. The Bertz CT molecular complexity index is 812. The SMILES string of the molecule is COc1ccnc(-c2nc3scc(Cl)c3c(=O)[nH]2)c1. The highest BCUT2D eigenvalue weighted by Gasteiger charge is 2.11. The van der Waals surface area contributed by atoms with Crippen molar-refractivity contribution in [3.05, 3.63) is 39.1 Å². The Morgan fingerprint density at radius 1 is 1.47 bits per heavy atom. The molecule has 0 spiro atoms. The summed E-state index contributed by atoms with van der Waals surface area (Å²) in [5, 5.41) is 2.52. The lowest BCUT2D eigenvalue weighted by Gasteiger charge is -2.03. The van der Waals surface area contributed by atoms with Gasteiger partial charge in [0.2, 0.25) is 0 Å². The molecule has 0 fully saturated rings. The first-order valence-electron chi connectivity index (χ1n) is 5.36. The van der Waals surface area contributed by atoms with Crippen molar-refractivity contribution in [1.29, 1.82) is 0 Å². The molecule has 96 valence electrons. The van der Waals surface area contributed by atoms with Gasteiger partial charge in [-0.25, -0.2) is 4.98 Å². The molecule has 3 rings (SSSR count). The van der Waals surface area contributed by atoms with Crippen LogP contribution in [0.25, 0.3) is 21.7 Å². The van der Waals surface area contributed by atoms with Crippen molar-refractivity contribution in [3.8, 4) is 17.3 Å². The Morgan fingerprint density at radius 3 is 3.11 bits per heavy atom. The third-order valence-corrected chi connectivity index (χ3v) is 3.91. The summed E-state index contributed by atoms with van der Waals surface area (Å²) >= 11 is 7.26. The maximum absolute atomic E-state index is 12.0. The van der Waals surface area contributed by atoms with E-state index in [-0.39, 0.29) is 5.56 Å². The van der Waals surface area contributed by atoms with Gasteiger partial charge in [-0.3, -0.25) is 9.78 Å². The Hall–Kier alpha value is -1.92. The molecule has 7 heteroatoms. The number of fused-ring (bicyclic) bond motifs is 1. The van der Waals surface area contributed by atoms with Crippen LogP contribution in [0.2, 0.25) is 5.02 Å². The van der Waals surface area contributed by atoms with Gasteiger partial charge in [-0.05, 0) is 6.07 Å². The Labute approximate surface area is 116 Å². The lowest BCUT2D eigenvalue weighted by molar-refractivity contribution is 0.414. The molecule has 5 nitrogen and oxygen atoms in total. The van der Waals surface area contributed by atoms with E-state index in [0.717, 1.165) is 0 Å². The van der Waals surface area contributed by atoms with E-state index in [0.29, 0.717) is 32.5 Å². The molecule has 0 atom stereocenters. The number of nitrogens with one attached hydrogen (secondary N) is 1. The van der Waals surface area contributed by atoms with E-state index >= 15 is 0 Å². The number of rotatable bonds is 2. The van der Waals surface area contributed by atoms with E-state index in [2.05, 4.69) is 15.0 Å². The van der Waals surface area contributed by atoms with Crippen LogP contribution < -0.4 is 10.3 Å². The second-order valence-corrected chi connectivity index (χ2v) is 5.02. The highest BCUT2D eigenvalue weighted by atomic mass is 35.5. The van der Waals surface area contributed by atoms with Gasteiger partial charge in [0.25, 0.3) is 5.56 Å². The number of hydrogen-bond donors (Lipinski definition) is 1. The van der Waals surface area contributed by atoms with Crippen LogP contribution in [0.1, 0.15) is 0 Å². The summed E-state index contributed by atoms with van der Waals surface area (Å²) in [5.74, 6) is 1.05. The van der Waals surface area contributed by atoms with Gasteiger partial charge in [-0.15, -0.1) is 11.3 Å². The largest absolute Gasteiger partial charge is 0.497 e. The molecule has 3 heterocycles. The van der Waals surface area contributed by atoms with Crippen molar-refractivity contribution < 1.29 is 4.74 Å². The first-order chi connectivity index (χ1) is 9.19. The number of H-pyrrole nitrogens is 1. The van der Waals surface area contributed by atoms with Crippen molar-refractivity contribution >= 4 is 33.2 Å². The van der Waals surface area contributed by atoms with Crippen LogP contribution in [0.4, 0.5) is 0 Å². The highest BCUT2D eigenvalue weighted by molar-refractivity contribution is 7.17. The van der Waals surface area contributed by atoms with Crippen molar-refractivity contribution in [2.75, 3.05) is 7.11 Å². The second kappa shape index (κ2) is 4.64. The average Bonchev–Trinajstić information content (AvgIpc) is 2.81. The van der Waals surface area contributed by atoms with Gasteiger partial charge in [-0.2, -0.15) is 0 Å². The molecule has 0 aromatic carbocycles. The van der Waals surface area contributed by atoms with Crippen LogP contribution in [0.5, 0.6) is 5.75 Å². The van der Waals surface area contributed by atoms with E-state index in [9.17, 15) is 4.79 Å². The molecule has 3 aromatic rings. The number of thiophene rings is 1. The van der Waals surface area contributed by atoms with Crippen molar-refractivity contribution in [3.63, 3.8) is 0 Å². The second-order valence-electron chi connectivity index (χ2n) is 3.76. The number of nitrogens with zero attached hydrogens (tertiary/aromatic N) is 2. The van der Waals surface area contributed by atoms with E-state index in [1.165, 1.54) is 11.3 Å². The fourth-order valence-electron chi connectivity index (χ4n) is 1.70. The molecular weight excluding hydrogens is 286 g/mol. The standard InChI is InChI=1S/C12H8ClN3O2S/c1-18-6-2-3-14-8(4-6)10-15-11(17)9-7(13)5-19-12(9)16-10/h2-5H,1H3,(H,15,16,17). The molecule has 1 N–H and O–H groups in total. The Balaban J connectivity index is 2.22. The summed E-state index contributed by atoms with van der Waals surface area (Å²) in [6.45, 7) is 0. The van der Waals surface area contributed by atoms with E-state index in [4.69, 9.17) is 16.3 Å². The molecule has 0 radical (unpaired) electrons. The highest BCUT2D eigenvalue weighted by Crippen LogP contribution is 2.27. The number of hydrogen-bond acceptors (Lipinski definition) is 5. The zero-order valence-corrected chi connectivity index (χ0v) is 11.4. The van der Waals surface area contributed by atoms with Gasteiger partial charge in [0.15, 0.2) is 5.82 Å². The third-order valence-electron chi connectivity index (χ3n) is 2.61. The summed E-state index contributed by atoms with van der Waals surface area (Å²) in [7, 11) is 1.57. The molecule has 0 aliphatic rings. The minimum atomic E-state index is -0.268. The molecule has 19 heavy (non-hydrogen) atoms. The Kier molecular flexibility index (Phi) is 2.96. The predicted molar refractivity (Wildman–Crippen MR) is 75.0 cm³/mol. The van der Waals surface area contributed by atoms with Gasteiger partial charge in [0, 0.05) is 17.6 Å². The van der Waals surface area contributed by atoms with Crippen LogP contribution in [0, 0.1) is 0 Å². The lowest BCUT2D eigenvalue weighted by Crippen LogP contribution is -2.09. The zero-order valence-electron chi connectivity index (χ0n) is 9.81. The van der Waals surface area contributed by atoms with Gasteiger partial charge in [0.05, 0.1) is 17.5 Å². The van der Waals surface area contributed by atoms with Crippen LogP contribution in [0.15, 0.2) is 28.5 Å². The number of halogens is 1. The number of ether oxygens (including phenoxy) is 1. The molecule has 0 unspecified atom stereocenters. The smallest absolute Gasteiger partial charge is 0.261 e. The minimum absolute atomic E-state index is 0.268. The van der Waals surface area contributed by atoms with Crippen LogP contribution in [0.3, 0.4) is 0 Å². The maximum Gasteiger partial charge on any atom is 0.261 e. The summed E-state index contributed by atoms with van der Waals surface area (Å²) < 4.78 is 5.12. The van der Waals surface area contributed by atoms with E-state index in [1.54, 1.807) is 30.8 Å². The fourth-order valence-corrected chi connectivity index (χ4v) is 2.87. The molecule has 0 amide bonds. The number of methoxy groups -OCH3 is 1. The minimum Gasteiger partial charge on any atom is -0.497 e. The molecule has 3 aromatic heterocycles. The third kappa shape index (κ3) is 2.09. The van der Waals surface area contributed by atoms with Crippen LogP contribution >= 0.6 is 22.9 Å². The zero-order chi connectivity index (χ0) is 13.4. The summed E-state index contributed by atoms with van der Waals surface area (Å²) in [6.07, 6.45) is 1.60. The quantitative estimate of drug-likeness (QED) is 0.789. The normalized spacial score (nSPS) is 10.8. The maximum atomic E-state index is 12.0. The molecule has 0 aliphatic carbocycles. The number of aromatic nitrogens is 3. The molecule has 0 aliphatic heterocycles. The van der Waals surface area contributed by atoms with E-state index < -0.39 is 0 Å². The van der Waals surface area contributed by atoms with Gasteiger partial charge in [0.1, 0.15) is 16.3 Å². The predicted octanol–water partition coefficient (Wildman–Crippen LogP) is 2.71. The summed E-state index contributed by atoms with van der Waals surface area (Å²) in [4.78, 5) is 23.8. The Morgan fingerprint density at radius 2 is 2.32 bits per heavy atom. The molecule has 0 saturated heterocycles. The average molecular weight is 294 g/mol. The molecular formula is C12H8ClN3O2S. The van der Waals surface area contributed by atoms with E-state index in [1.807, 2.05) is 0 Å². The monoisotopic (exact) mass is 293 g/mol. The van der Waals surface area contributed by atoms with Crippen LogP contribution in [-0.2, 0) is 0 Å². The fraction of sp³-hybridized carbons (Fsp3) is 0.0833. The summed E-state index contributed by atoms with van der Waals surface area (Å²) in [6, 6.07) is 3.43. The van der Waals surface area contributed by atoms with Crippen molar-refractivity contribution in [1.82, 2.24) is 15.0 Å². The lowest BCUT2D eigenvalue weighted by atomic mass is 10.3. The van der Waals surface area contributed by atoms with Crippen LogP contribution in [-0.4, -0.2) is 22.1 Å². The van der Waals surface area contributed by atoms with Crippen molar-refractivity contribution in [2.24, 2.45) is 0 Å². The first-order valence-corrected chi connectivity index (χ1v) is 6.62. The van der Waals surface area contributed by atoms with Gasteiger partial charge in [-0.1, -0.05) is 11.6 Å². The van der Waals surface area contributed by atoms with Gasteiger partial charge < -0.3 is 9.72 Å². The van der Waals surface area contributed by atoms with Crippen molar-refractivity contribution in [2.45, 2.75) is 0 Å². The number of aromatic amines is 1. The molecule has 0 bridgehead atoms. The first kappa shape index (κ1) is 12.1. The summed E-state index contributed by atoms with van der Waals surface area (Å²) in [5.41, 5.74) is 0.277. The topological polar surface area (TPSA) is 67.9 Å². The number of pyridine rings is 1.